The Labute approximate surface area is 134 Å². The van der Waals surface area contributed by atoms with E-state index in [1.807, 2.05) is 48.5 Å². The third-order valence-corrected chi connectivity index (χ3v) is 3.62. The zero-order chi connectivity index (χ0) is 16.2. The number of esters is 1. The number of hydrogen-bond donors (Lipinski definition) is 0. The van der Waals surface area contributed by atoms with Crippen molar-refractivity contribution in [1.29, 1.82) is 0 Å². The van der Waals surface area contributed by atoms with Gasteiger partial charge in [0.05, 0.1) is 30.3 Å². The summed E-state index contributed by atoms with van der Waals surface area (Å²) in [7, 11) is 1.64. The molecule has 0 amide bonds. The van der Waals surface area contributed by atoms with Crippen molar-refractivity contribution in [3.63, 3.8) is 0 Å². The molecular weight excluding hydrogens is 292 g/mol. The molecule has 0 bridgehead atoms. The molecular formula is C18H18N2O3. The van der Waals surface area contributed by atoms with Gasteiger partial charge in [-0.05, 0) is 24.3 Å². The second-order valence-corrected chi connectivity index (χ2v) is 5.12. The fourth-order valence-electron chi connectivity index (χ4n) is 2.62. The zero-order valence-electron chi connectivity index (χ0n) is 13.2. The third-order valence-electron chi connectivity index (χ3n) is 3.62. The second kappa shape index (κ2) is 6.52. The van der Waals surface area contributed by atoms with E-state index in [0.717, 1.165) is 28.2 Å². The zero-order valence-corrected chi connectivity index (χ0v) is 13.2. The molecule has 0 radical (unpaired) electrons. The molecule has 1 aromatic heterocycles. The van der Waals surface area contributed by atoms with Crippen LogP contribution in [0.2, 0.25) is 0 Å². The Morgan fingerprint density at radius 2 is 1.87 bits per heavy atom. The van der Waals surface area contributed by atoms with Gasteiger partial charge in [0.15, 0.2) is 0 Å². The maximum Gasteiger partial charge on any atom is 0.302 e. The topological polar surface area (TPSA) is 53.4 Å². The van der Waals surface area contributed by atoms with Crippen LogP contribution in [0.5, 0.6) is 5.75 Å². The van der Waals surface area contributed by atoms with Crippen LogP contribution in [-0.4, -0.2) is 29.2 Å². The summed E-state index contributed by atoms with van der Waals surface area (Å²) in [4.78, 5) is 15.8. The molecule has 3 rings (SSSR count). The summed E-state index contributed by atoms with van der Waals surface area (Å²) < 4.78 is 12.6. The summed E-state index contributed by atoms with van der Waals surface area (Å²) in [6.45, 7) is 2.25. The van der Waals surface area contributed by atoms with E-state index in [0.29, 0.717) is 13.2 Å². The third kappa shape index (κ3) is 3.04. The SMILES string of the molecule is COc1ccccc1-c1nc2ccccc2n1CCOC(C)=O. The van der Waals surface area contributed by atoms with Crippen LogP contribution in [0.3, 0.4) is 0 Å². The number of nitrogens with zero attached hydrogens (tertiary/aromatic N) is 2. The lowest BCUT2D eigenvalue weighted by Gasteiger charge is -2.12. The molecule has 0 N–H and O–H groups in total. The maximum absolute atomic E-state index is 11.0. The first kappa shape index (κ1) is 15.1. The Kier molecular flexibility index (Phi) is 4.28. The van der Waals surface area contributed by atoms with Crippen LogP contribution in [-0.2, 0) is 16.1 Å². The second-order valence-electron chi connectivity index (χ2n) is 5.12. The van der Waals surface area contributed by atoms with Crippen LogP contribution >= 0.6 is 0 Å². The lowest BCUT2D eigenvalue weighted by Crippen LogP contribution is -2.10. The van der Waals surface area contributed by atoms with Gasteiger partial charge >= 0.3 is 5.97 Å². The molecule has 0 saturated heterocycles. The molecule has 3 aromatic rings. The molecule has 23 heavy (non-hydrogen) atoms. The Morgan fingerprint density at radius 1 is 1.13 bits per heavy atom. The Bertz CT molecular complexity index is 839. The minimum absolute atomic E-state index is 0.284. The standard InChI is InChI=1S/C18H18N2O3/c1-13(21)23-12-11-20-16-9-5-4-8-15(16)19-18(20)14-7-3-6-10-17(14)22-2/h3-10H,11-12H2,1-2H3. The predicted molar refractivity (Wildman–Crippen MR) is 88.4 cm³/mol. The van der Waals surface area contributed by atoms with Gasteiger partial charge in [-0.3, -0.25) is 4.79 Å². The number of rotatable bonds is 5. The van der Waals surface area contributed by atoms with Crippen LogP contribution in [0.1, 0.15) is 6.92 Å². The highest BCUT2D eigenvalue weighted by Crippen LogP contribution is 2.31. The van der Waals surface area contributed by atoms with Gasteiger partial charge in [-0.15, -0.1) is 0 Å². The van der Waals surface area contributed by atoms with E-state index < -0.39 is 0 Å². The number of fused-ring (bicyclic) bond motifs is 1. The molecule has 0 atom stereocenters. The number of imidazole rings is 1. The summed E-state index contributed by atoms with van der Waals surface area (Å²) in [5.74, 6) is 1.28. The van der Waals surface area contributed by atoms with E-state index in [2.05, 4.69) is 4.57 Å². The molecule has 0 aliphatic heterocycles. The molecule has 2 aromatic carbocycles. The first-order valence-corrected chi connectivity index (χ1v) is 7.42. The quantitative estimate of drug-likeness (QED) is 0.679. The van der Waals surface area contributed by atoms with Gasteiger partial charge < -0.3 is 14.0 Å². The van der Waals surface area contributed by atoms with Gasteiger partial charge in [0.2, 0.25) is 0 Å². The summed E-state index contributed by atoms with van der Waals surface area (Å²) >= 11 is 0. The van der Waals surface area contributed by atoms with Crippen molar-refractivity contribution >= 4 is 17.0 Å². The molecule has 5 heteroatoms. The molecule has 0 saturated carbocycles. The van der Waals surface area contributed by atoms with Crippen LogP contribution in [0, 0.1) is 0 Å². The van der Waals surface area contributed by atoms with Crippen molar-refractivity contribution in [3.05, 3.63) is 48.5 Å². The molecule has 1 heterocycles. The minimum atomic E-state index is -0.284. The lowest BCUT2D eigenvalue weighted by atomic mass is 10.2. The minimum Gasteiger partial charge on any atom is -0.496 e. The summed E-state index contributed by atoms with van der Waals surface area (Å²) in [5, 5.41) is 0. The first-order chi connectivity index (χ1) is 11.2. The van der Waals surface area contributed by atoms with Crippen molar-refractivity contribution in [2.75, 3.05) is 13.7 Å². The van der Waals surface area contributed by atoms with Gasteiger partial charge in [-0.25, -0.2) is 4.98 Å². The monoisotopic (exact) mass is 310 g/mol. The Morgan fingerprint density at radius 3 is 2.65 bits per heavy atom. The van der Waals surface area contributed by atoms with Gasteiger partial charge in [-0.2, -0.15) is 0 Å². The van der Waals surface area contributed by atoms with Crippen molar-refractivity contribution < 1.29 is 14.3 Å². The van der Waals surface area contributed by atoms with E-state index in [4.69, 9.17) is 14.5 Å². The largest absolute Gasteiger partial charge is 0.496 e. The van der Waals surface area contributed by atoms with Crippen molar-refractivity contribution in [2.45, 2.75) is 13.5 Å². The average molecular weight is 310 g/mol. The van der Waals surface area contributed by atoms with Gasteiger partial charge in [0.25, 0.3) is 0 Å². The van der Waals surface area contributed by atoms with E-state index in [1.54, 1.807) is 7.11 Å². The molecule has 0 spiro atoms. The summed E-state index contributed by atoms with van der Waals surface area (Å²) in [6, 6.07) is 15.7. The molecule has 0 fully saturated rings. The highest BCUT2D eigenvalue weighted by molar-refractivity contribution is 5.82. The van der Waals surface area contributed by atoms with Crippen LogP contribution < -0.4 is 4.74 Å². The highest BCUT2D eigenvalue weighted by Gasteiger charge is 2.15. The van der Waals surface area contributed by atoms with Gasteiger partial charge in [-0.1, -0.05) is 24.3 Å². The Balaban J connectivity index is 2.09. The van der Waals surface area contributed by atoms with Crippen LogP contribution in [0.4, 0.5) is 0 Å². The van der Waals surface area contributed by atoms with E-state index >= 15 is 0 Å². The van der Waals surface area contributed by atoms with E-state index in [1.165, 1.54) is 6.92 Å². The number of ether oxygens (including phenoxy) is 2. The fraction of sp³-hybridized carbons (Fsp3) is 0.222. The average Bonchev–Trinajstić information content (AvgIpc) is 2.93. The molecule has 5 nitrogen and oxygen atoms in total. The highest BCUT2D eigenvalue weighted by atomic mass is 16.5. The first-order valence-electron chi connectivity index (χ1n) is 7.42. The molecule has 0 aliphatic carbocycles. The number of carbonyl (C=O) groups excluding carboxylic acids is 1. The number of methoxy groups -OCH3 is 1. The summed E-state index contributed by atoms with van der Waals surface area (Å²) in [5.41, 5.74) is 2.81. The molecule has 0 unspecified atom stereocenters. The normalized spacial score (nSPS) is 10.7. The fourth-order valence-corrected chi connectivity index (χ4v) is 2.62. The maximum atomic E-state index is 11.0. The number of carbonyl (C=O) groups is 1. The molecule has 0 aliphatic rings. The predicted octanol–water partition coefficient (Wildman–Crippen LogP) is 3.28. The smallest absolute Gasteiger partial charge is 0.302 e. The van der Waals surface area contributed by atoms with E-state index in [9.17, 15) is 4.79 Å². The number of benzene rings is 2. The van der Waals surface area contributed by atoms with Crippen molar-refractivity contribution in [2.24, 2.45) is 0 Å². The molecule has 118 valence electrons. The number of aromatic nitrogens is 2. The van der Waals surface area contributed by atoms with E-state index in [-0.39, 0.29) is 5.97 Å². The summed E-state index contributed by atoms with van der Waals surface area (Å²) in [6.07, 6.45) is 0. The van der Waals surface area contributed by atoms with Crippen LogP contribution in [0.15, 0.2) is 48.5 Å². The lowest BCUT2D eigenvalue weighted by molar-refractivity contribution is -0.141. The number of para-hydroxylation sites is 3. The van der Waals surface area contributed by atoms with Crippen LogP contribution in [0.25, 0.3) is 22.4 Å². The van der Waals surface area contributed by atoms with Crippen molar-refractivity contribution in [1.82, 2.24) is 9.55 Å². The van der Waals surface area contributed by atoms with Gasteiger partial charge in [0, 0.05) is 6.92 Å². The van der Waals surface area contributed by atoms with Gasteiger partial charge in [0.1, 0.15) is 18.2 Å². The Hall–Kier alpha value is -2.82. The number of hydrogen-bond acceptors (Lipinski definition) is 4. The van der Waals surface area contributed by atoms with Crippen molar-refractivity contribution in [3.8, 4) is 17.1 Å².